The molecule has 1 fully saturated rings. The molecule has 10 heteroatoms. The van der Waals surface area contributed by atoms with Crippen LogP contribution in [0.15, 0.2) is 55.0 Å². The summed E-state index contributed by atoms with van der Waals surface area (Å²) in [5, 5.41) is 0.984. The van der Waals surface area contributed by atoms with E-state index in [0.717, 1.165) is 46.1 Å². The molecular formula is C34H39N5O5. The van der Waals surface area contributed by atoms with E-state index in [1.165, 1.54) is 4.90 Å². The van der Waals surface area contributed by atoms with Gasteiger partial charge in [-0.3, -0.25) is 0 Å². The number of likely N-dealkylation sites (tertiary alicyclic amines) is 1. The van der Waals surface area contributed by atoms with Gasteiger partial charge in [0.1, 0.15) is 35.0 Å². The molecule has 0 aliphatic carbocycles. The minimum absolute atomic E-state index is 0.195. The summed E-state index contributed by atoms with van der Waals surface area (Å²) in [6, 6.07) is 11.9. The number of aromatic nitrogens is 3. The first kappa shape index (κ1) is 29.5. The predicted molar refractivity (Wildman–Crippen MR) is 168 cm³/mol. The quantitative estimate of drug-likeness (QED) is 0.252. The lowest BCUT2D eigenvalue weighted by Gasteiger charge is -2.34. The second-order valence-electron chi connectivity index (χ2n) is 13.4. The first-order chi connectivity index (χ1) is 20.9. The number of rotatable bonds is 2. The first-order valence-corrected chi connectivity index (χ1v) is 15.1. The van der Waals surface area contributed by atoms with Crippen molar-refractivity contribution in [3.8, 4) is 16.9 Å². The van der Waals surface area contributed by atoms with Gasteiger partial charge < -0.3 is 24.1 Å². The summed E-state index contributed by atoms with van der Waals surface area (Å²) in [4.78, 5) is 42.3. The molecule has 0 saturated carbocycles. The van der Waals surface area contributed by atoms with E-state index >= 15 is 0 Å². The number of carbonyl (C=O) groups is 2. The van der Waals surface area contributed by atoms with Crippen molar-refractivity contribution in [3.05, 3.63) is 66.1 Å². The number of ether oxygens (including phenoxy) is 3. The molecule has 2 aliphatic heterocycles. The average molecular weight is 598 g/mol. The van der Waals surface area contributed by atoms with Gasteiger partial charge in [0.15, 0.2) is 0 Å². The number of H-pyrrole nitrogens is 1. The Morgan fingerprint density at radius 1 is 0.932 bits per heavy atom. The molecule has 2 amide bonds. The maximum Gasteiger partial charge on any atom is 0.420 e. The van der Waals surface area contributed by atoms with Crippen LogP contribution in [0.3, 0.4) is 0 Å². The third-order valence-corrected chi connectivity index (χ3v) is 7.75. The van der Waals surface area contributed by atoms with Crippen LogP contribution in [0.2, 0.25) is 0 Å². The summed E-state index contributed by atoms with van der Waals surface area (Å²) in [6.07, 6.45) is 6.10. The van der Waals surface area contributed by atoms with Crippen molar-refractivity contribution >= 4 is 34.7 Å². The van der Waals surface area contributed by atoms with E-state index in [1.54, 1.807) is 11.1 Å². The van der Waals surface area contributed by atoms with Gasteiger partial charge in [0.2, 0.25) is 0 Å². The number of benzene rings is 1. The summed E-state index contributed by atoms with van der Waals surface area (Å²) >= 11 is 0. The van der Waals surface area contributed by atoms with Gasteiger partial charge in [-0.1, -0.05) is 6.07 Å². The van der Waals surface area contributed by atoms with Crippen molar-refractivity contribution in [3.63, 3.8) is 0 Å². The van der Waals surface area contributed by atoms with Crippen LogP contribution in [0.5, 0.6) is 5.75 Å². The summed E-state index contributed by atoms with van der Waals surface area (Å²) in [7, 11) is 0. The zero-order chi connectivity index (χ0) is 31.2. The molecule has 10 nitrogen and oxygen atoms in total. The second-order valence-corrected chi connectivity index (χ2v) is 13.4. The predicted octanol–water partition coefficient (Wildman–Crippen LogP) is 7.71. The Morgan fingerprint density at radius 2 is 1.66 bits per heavy atom. The Hall–Kier alpha value is -4.60. The Morgan fingerprint density at radius 3 is 2.39 bits per heavy atom. The van der Waals surface area contributed by atoms with Crippen LogP contribution in [-0.2, 0) is 16.1 Å². The molecule has 2 aliphatic rings. The lowest BCUT2D eigenvalue weighted by atomic mass is 9.89. The van der Waals surface area contributed by atoms with Crippen LogP contribution >= 0.6 is 0 Å². The van der Waals surface area contributed by atoms with E-state index < -0.39 is 17.3 Å². The maximum absolute atomic E-state index is 13.9. The second kappa shape index (κ2) is 11.2. The standard InChI is InChI=1S/C34H39N5O5/c1-33(2,3)43-31(40)38-15-11-21(12-16-38)22-7-8-28-27(18-22)39(32(41)44-34(4,5)6)30-26(20-42-28)25(10-14-36-30)24-17-23-9-13-35-29(23)37-19-24/h7-10,13-14,17-19,21H,11-12,15-16,20H2,1-6H3,(H,35,37). The van der Waals surface area contributed by atoms with E-state index in [9.17, 15) is 9.59 Å². The van der Waals surface area contributed by atoms with E-state index in [2.05, 4.69) is 16.0 Å². The number of pyridine rings is 2. The van der Waals surface area contributed by atoms with Crippen molar-refractivity contribution in [2.75, 3.05) is 18.0 Å². The molecule has 5 heterocycles. The number of carbonyl (C=O) groups excluding carboxylic acids is 2. The van der Waals surface area contributed by atoms with Gasteiger partial charge >= 0.3 is 12.2 Å². The van der Waals surface area contributed by atoms with Crippen molar-refractivity contribution in [1.29, 1.82) is 0 Å². The Bertz CT molecular complexity index is 1710. The first-order valence-electron chi connectivity index (χ1n) is 15.1. The highest BCUT2D eigenvalue weighted by Gasteiger charge is 2.35. The van der Waals surface area contributed by atoms with Crippen LogP contribution in [0.1, 0.15) is 71.4 Å². The molecule has 1 saturated heterocycles. The number of fused-ring (bicyclic) bond motifs is 3. The summed E-state index contributed by atoms with van der Waals surface area (Å²) in [6.45, 7) is 12.6. The zero-order valence-corrected chi connectivity index (χ0v) is 26.1. The molecule has 230 valence electrons. The molecule has 0 spiro atoms. The lowest BCUT2D eigenvalue weighted by Crippen LogP contribution is -2.41. The highest BCUT2D eigenvalue weighted by molar-refractivity contribution is 5.99. The zero-order valence-electron chi connectivity index (χ0n) is 26.1. The van der Waals surface area contributed by atoms with Gasteiger partial charge in [0, 0.05) is 48.2 Å². The molecule has 3 aromatic heterocycles. The van der Waals surface area contributed by atoms with Gasteiger partial charge in [-0.15, -0.1) is 0 Å². The van der Waals surface area contributed by atoms with Crippen LogP contribution in [-0.4, -0.2) is 56.3 Å². The smallest absolute Gasteiger partial charge is 0.420 e. The van der Waals surface area contributed by atoms with Gasteiger partial charge in [-0.2, -0.15) is 0 Å². The topological polar surface area (TPSA) is 110 Å². The molecular weight excluding hydrogens is 558 g/mol. The van der Waals surface area contributed by atoms with E-state index in [1.807, 2.05) is 84.3 Å². The molecule has 0 atom stereocenters. The summed E-state index contributed by atoms with van der Waals surface area (Å²) in [5.41, 5.74) is 3.72. The van der Waals surface area contributed by atoms with Gasteiger partial charge in [0.25, 0.3) is 0 Å². The van der Waals surface area contributed by atoms with E-state index in [0.29, 0.717) is 30.3 Å². The fraction of sp³-hybridized carbons (Fsp3) is 0.412. The highest BCUT2D eigenvalue weighted by atomic mass is 16.6. The van der Waals surface area contributed by atoms with Gasteiger partial charge in [0.05, 0.1) is 5.69 Å². The number of nitrogens with zero attached hydrogens (tertiary/aromatic N) is 4. The fourth-order valence-corrected chi connectivity index (χ4v) is 5.74. The van der Waals surface area contributed by atoms with Crippen LogP contribution in [0, 0.1) is 0 Å². The molecule has 4 aromatic rings. The number of anilines is 2. The Balaban J connectivity index is 1.36. The molecule has 0 unspecified atom stereocenters. The number of hydrogen-bond acceptors (Lipinski definition) is 7. The third kappa shape index (κ3) is 6.06. The average Bonchev–Trinajstić information content (AvgIpc) is 3.36. The fourth-order valence-electron chi connectivity index (χ4n) is 5.74. The number of piperidine rings is 1. The highest BCUT2D eigenvalue weighted by Crippen LogP contribution is 2.44. The van der Waals surface area contributed by atoms with Crippen molar-refractivity contribution in [1.82, 2.24) is 19.9 Å². The molecule has 0 bridgehead atoms. The maximum atomic E-state index is 13.9. The van der Waals surface area contributed by atoms with E-state index in [-0.39, 0.29) is 18.6 Å². The van der Waals surface area contributed by atoms with Crippen LogP contribution < -0.4 is 9.64 Å². The van der Waals surface area contributed by atoms with Gasteiger partial charge in [-0.25, -0.2) is 24.5 Å². The van der Waals surface area contributed by atoms with Crippen molar-refractivity contribution in [2.45, 2.75) is 78.1 Å². The van der Waals surface area contributed by atoms with Crippen molar-refractivity contribution < 1.29 is 23.8 Å². The van der Waals surface area contributed by atoms with E-state index in [4.69, 9.17) is 19.2 Å². The van der Waals surface area contributed by atoms with Gasteiger partial charge in [-0.05, 0) is 102 Å². The summed E-state index contributed by atoms with van der Waals surface area (Å²) in [5.74, 6) is 1.22. The number of hydrogen-bond donors (Lipinski definition) is 1. The van der Waals surface area contributed by atoms with Crippen LogP contribution in [0.25, 0.3) is 22.2 Å². The number of aromatic amines is 1. The monoisotopic (exact) mass is 597 g/mol. The lowest BCUT2D eigenvalue weighted by molar-refractivity contribution is 0.0204. The molecule has 0 radical (unpaired) electrons. The largest absolute Gasteiger partial charge is 0.487 e. The minimum Gasteiger partial charge on any atom is -0.487 e. The normalized spacial score (nSPS) is 15.7. The van der Waals surface area contributed by atoms with Crippen LogP contribution in [0.4, 0.5) is 21.1 Å². The SMILES string of the molecule is CC(C)(C)OC(=O)N1CCC(c2ccc3c(c2)N(C(=O)OC(C)(C)C)c2nccc(-c4cnc5[nH]ccc5c4)c2CO3)CC1. The minimum atomic E-state index is -0.725. The number of nitrogens with one attached hydrogen (secondary N) is 1. The Labute approximate surface area is 257 Å². The molecule has 44 heavy (non-hydrogen) atoms. The van der Waals surface area contributed by atoms with Crippen molar-refractivity contribution in [2.24, 2.45) is 0 Å². The Kier molecular flexibility index (Phi) is 7.47. The number of amides is 2. The summed E-state index contributed by atoms with van der Waals surface area (Å²) < 4.78 is 17.9. The molecule has 1 aromatic carbocycles. The third-order valence-electron chi connectivity index (χ3n) is 7.75. The molecule has 1 N–H and O–H groups in total. The molecule has 6 rings (SSSR count).